The number of imide groups is 1. The number of nitrogens with zero attached hydrogens (tertiary/aromatic N) is 1. The highest BCUT2D eigenvalue weighted by molar-refractivity contribution is 6.08. The van der Waals surface area contributed by atoms with E-state index in [0.717, 1.165) is 22.3 Å². The molecule has 1 heterocycles. The molecule has 2 aromatic carbocycles. The molecule has 1 aliphatic heterocycles. The highest BCUT2D eigenvalue weighted by atomic mass is 16.3. The number of hydrogen-bond acceptors (Lipinski definition) is 3. The molecule has 2 atom stereocenters. The summed E-state index contributed by atoms with van der Waals surface area (Å²) in [6, 6.07) is 16.4. The molecule has 0 unspecified atom stereocenters. The van der Waals surface area contributed by atoms with Crippen LogP contribution in [0.2, 0.25) is 0 Å². The second-order valence-electron chi connectivity index (χ2n) is 7.41. The molecule has 126 valence electrons. The Morgan fingerprint density at radius 2 is 1.52 bits per heavy atom. The van der Waals surface area contributed by atoms with Crippen molar-refractivity contribution in [1.29, 1.82) is 0 Å². The monoisotopic (exact) mass is 333 g/mol. The summed E-state index contributed by atoms with van der Waals surface area (Å²) in [5.41, 5.74) is 4.14. The van der Waals surface area contributed by atoms with Gasteiger partial charge in [-0.15, -0.1) is 0 Å². The minimum atomic E-state index is -0.510. The summed E-state index contributed by atoms with van der Waals surface area (Å²) in [5.74, 6) is -1.11. The molecule has 1 saturated heterocycles. The lowest BCUT2D eigenvalue weighted by molar-refractivity contribution is -0.140. The first-order chi connectivity index (χ1) is 12.1. The highest BCUT2D eigenvalue weighted by Crippen LogP contribution is 2.63. The van der Waals surface area contributed by atoms with Crippen molar-refractivity contribution in [3.05, 3.63) is 70.8 Å². The first kappa shape index (κ1) is 14.8. The molecule has 2 aromatic rings. The molecule has 2 amide bonds. The summed E-state index contributed by atoms with van der Waals surface area (Å²) >= 11 is 0. The van der Waals surface area contributed by atoms with Crippen LogP contribution in [0, 0.1) is 11.8 Å². The van der Waals surface area contributed by atoms with E-state index in [2.05, 4.69) is 31.2 Å². The second-order valence-corrected chi connectivity index (χ2v) is 7.41. The Morgan fingerprint density at radius 1 is 0.960 bits per heavy atom. The smallest absolute Gasteiger partial charge is 0.234 e. The first-order valence-corrected chi connectivity index (χ1v) is 8.75. The summed E-state index contributed by atoms with van der Waals surface area (Å²) in [7, 11) is 0. The SMILES string of the molecule is CC12c3ccccc3C(c3ccccc31)[C@H]1C(=O)N(CCO)C(=O)[C@@H]12. The molecule has 4 nitrogen and oxygen atoms in total. The zero-order chi connectivity index (χ0) is 17.3. The molecule has 25 heavy (non-hydrogen) atoms. The number of carbonyl (C=O) groups excluding carboxylic acids is 2. The Labute approximate surface area is 146 Å². The molecule has 3 aliphatic carbocycles. The summed E-state index contributed by atoms with van der Waals surface area (Å²) in [6.45, 7) is 1.99. The third kappa shape index (κ3) is 1.56. The molecule has 0 saturated carbocycles. The van der Waals surface area contributed by atoms with Crippen molar-refractivity contribution in [3.63, 3.8) is 0 Å². The average Bonchev–Trinajstić information content (AvgIpc) is 2.89. The van der Waals surface area contributed by atoms with Crippen molar-refractivity contribution in [2.24, 2.45) is 11.8 Å². The van der Waals surface area contributed by atoms with Crippen LogP contribution in [0.25, 0.3) is 0 Å². The van der Waals surface area contributed by atoms with Crippen LogP contribution >= 0.6 is 0 Å². The van der Waals surface area contributed by atoms with Gasteiger partial charge in [0.15, 0.2) is 0 Å². The van der Waals surface area contributed by atoms with Crippen molar-refractivity contribution >= 4 is 11.8 Å². The lowest BCUT2D eigenvalue weighted by Crippen LogP contribution is -2.51. The number of hydrogen-bond donors (Lipinski definition) is 1. The Hall–Kier alpha value is -2.46. The zero-order valence-electron chi connectivity index (χ0n) is 14.0. The van der Waals surface area contributed by atoms with Crippen LogP contribution in [0.1, 0.15) is 35.1 Å². The number of benzene rings is 2. The number of rotatable bonds is 2. The van der Waals surface area contributed by atoms with Gasteiger partial charge in [0.2, 0.25) is 11.8 Å². The van der Waals surface area contributed by atoms with Gasteiger partial charge in [-0.2, -0.15) is 0 Å². The van der Waals surface area contributed by atoms with Gasteiger partial charge in [-0.25, -0.2) is 0 Å². The molecule has 0 spiro atoms. The van der Waals surface area contributed by atoms with E-state index in [1.807, 2.05) is 24.3 Å². The first-order valence-electron chi connectivity index (χ1n) is 8.75. The van der Waals surface area contributed by atoms with Crippen molar-refractivity contribution < 1.29 is 14.7 Å². The molecule has 4 aliphatic rings. The maximum absolute atomic E-state index is 13.1. The van der Waals surface area contributed by atoms with E-state index >= 15 is 0 Å². The number of amides is 2. The van der Waals surface area contributed by atoms with Gasteiger partial charge in [0, 0.05) is 11.3 Å². The molecule has 0 radical (unpaired) electrons. The standard InChI is InChI=1S/C21H19NO3/c1-21-14-8-4-2-6-12(14)16(13-7-3-5-9-15(13)21)17-18(21)20(25)22(10-11-23)19(17)24/h2-9,16-18,23H,10-11H2,1H3/t16?,17-,18-,21?/m1/s1. The van der Waals surface area contributed by atoms with E-state index in [1.165, 1.54) is 4.90 Å². The van der Waals surface area contributed by atoms with E-state index in [0.29, 0.717) is 0 Å². The van der Waals surface area contributed by atoms with Gasteiger partial charge in [-0.05, 0) is 22.3 Å². The minimum Gasteiger partial charge on any atom is -0.395 e. The van der Waals surface area contributed by atoms with Gasteiger partial charge in [-0.1, -0.05) is 55.5 Å². The van der Waals surface area contributed by atoms with Gasteiger partial charge in [0.05, 0.1) is 25.0 Å². The maximum atomic E-state index is 13.1. The molecule has 0 aromatic heterocycles. The highest BCUT2D eigenvalue weighted by Gasteiger charge is 2.66. The lowest BCUT2D eigenvalue weighted by Gasteiger charge is -2.52. The van der Waals surface area contributed by atoms with Gasteiger partial charge in [0.25, 0.3) is 0 Å². The van der Waals surface area contributed by atoms with Crippen molar-refractivity contribution in [3.8, 4) is 0 Å². The van der Waals surface area contributed by atoms with Crippen LogP contribution in [-0.4, -0.2) is 35.0 Å². The van der Waals surface area contributed by atoms with Crippen LogP contribution in [-0.2, 0) is 15.0 Å². The quantitative estimate of drug-likeness (QED) is 0.856. The van der Waals surface area contributed by atoms with Crippen molar-refractivity contribution in [1.82, 2.24) is 4.90 Å². The predicted molar refractivity (Wildman–Crippen MR) is 92.0 cm³/mol. The topological polar surface area (TPSA) is 57.6 Å². The third-order valence-corrected chi connectivity index (χ3v) is 6.46. The Balaban J connectivity index is 1.83. The molecule has 4 heteroatoms. The van der Waals surface area contributed by atoms with Crippen LogP contribution in [0.4, 0.5) is 0 Å². The largest absolute Gasteiger partial charge is 0.395 e. The van der Waals surface area contributed by atoms with Crippen LogP contribution in [0.3, 0.4) is 0 Å². The second kappa shape index (κ2) is 4.79. The van der Waals surface area contributed by atoms with E-state index in [1.54, 1.807) is 0 Å². The number of likely N-dealkylation sites (tertiary alicyclic amines) is 1. The zero-order valence-corrected chi connectivity index (χ0v) is 14.0. The lowest BCUT2D eigenvalue weighted by atomic mass is 9.48. The fourth-order valence-corrected chi connectivity index (χ4v) is 5.53. The molecular formula is C21H19NO3. The van der Waals surface area contributed by atoms with Gasteiger partial charge < -0.3 is 5.11 Å². The maximum Gasteiger partial charge on any atom is 0.234 e. The Morgan fingerprint density at radius 3 is 2.08 bits per heavy atom. The molecule has 1 fully saturated rings. The van der Waals surface area contributed by atoms with Crippen LogP contribution < -0.4 is 0 Å². The minimum absolute atomic E-state index is 0.0835. The number of carbonyl (C=O) groups is 2. The van der Waals surface area contributed by atoms with Gasteiger partial charge >= 0.3 is 0 Å². The van der Waals surface area contributed by atoms with Crippen molar-refractivity contribution in [2.45, 2.75) is 18.3 Å². The molecule has 1 N–H and O–H groups in total. The molecule has 2 bridgehead atoms. The van der Waals surface area contributed by atoms with E-state index in [4.69, 9.17) is 0 Å². The van der Waals surface area contributed by atoms with Gasteiger partial charge in [-0.3, -0.25) is 14.5 Å². The Bertz CT molecular complexity index is 871. The number of aliphatic hydroxyl groups excluding tert-OH is 1. The molecular weight excluding hydrogens is 314 g/mol. The summed E-state index contributed by atoms with van der Waals surface area (Å²) in [4.78, 5) is 27.5. The van der Waals surface area contributed by atoms with E-state index in [-0.39, 0.29) is 42.7 Å². The average molecular weight is 333 g/mol. The van der Waals surface area contributed by atoms with Crippen LogP contribution in [0.15, 0.2) is 48.5 Å². The number of aliphatic hydroxyl groups is 1. The summed E-state index contributed by atoms with van der Waals surface area (Å²) < 4.78 is 0. The predicted octanol–water partition coefficient (Wildman–Crippen LogP) is 2.04. The van der Waals surface area contributed by atoms with E-state index < -0.39 is 5.41 Å². The van der Waals surface area contributed by atoms with Gasteiger partial charge in [0.1, 0.15) is 0 Å². The summed E-state index contributed by atoms with van der Waals surface area (Å²) in [5, 5.41) is 9.31. The summed E-state index contributed by atoms with van der Waals surface area (Å²) in [6.07, 6.45) is 0. The number of β-amino-alcohol motifs (C(OH)–C–C–N with tert-alkyl or cyclic N) is 1. The third-order valence-electron chi connectivity index (χ3n) is 6.46. The Kier molecular flexibility index (Phi) is 2.85. The fourth-order valence-electron chi connectivity index (χ4n) is 5.53. The van der Waals surface area contributed by atoms with E-state index in [9.17, 15) is 14.7 Å². The normalized spacial score (nSPS) is 31.8. The fraction of sp³-hybridized carbons (Fsp3) is 0.333. The van der Waals surface area contributed by atoms with Crippen LogP contribution in [0.5, 0.6) is 0 Å². The van der Waals surface area contributed by atoms with Crippen molar-refractivity contribution in [2.75, 3.05) is 13.2 Å². The molecule has 6 rings (SSSR count).